The van der Waals surface area contributed by atoms with E-state index in [0.29, 0.717) is 13.2 Å². The van der Waals surface area contributed by atoms with Gasteiger partial charge in [-0.2, -0.15) is 13.2 Å². The number of alkyl halides is 3. The monoisotopic (exact) mass is 245 g/mol. The molecule has 1 aromatic carbocycles. The summed E-state index contributed by atoms with van der Waals surface area (Å²) in [5.74, 6) is 0. The van der Waals surface area contributed by atoms with E-state index in [1.807, 2.05) is 0 Å². The van der Waals surface area contributed by atoms with Crippen LogP contribution in [-0.4, -0.2) is 13.2 Å². The van der Waals surface area contributed by atoms with E-state index >= 15 is 0 Å². The van der Waals surface area contributed by atoms with Gasteiger partial charge in [-0.3, -0.25) is 0 Å². The zero-order valence-electron chi connectivity index (χ0n) is 9.59. The first-order valence-corrected chi connectivity index (χ1v) is 5.58. The van der Waals surface area contributed by atoms with Crippen molar-refractivity contribution in [3.05, 3.63) is 42.3 Å². The molecule has 0 amide bonds. The van der Waals surface area contributed by atoms with Gasteiger partial charge in [0.05, 0.1) is 12.2 Å². The molecule has 0 saturated carbocycles. The molecule has 0 bridgehead atoms. The number of hydrogen-bond acceptors (Lipinski definition) is 1. The predicted molar refractivity (Wildman–Crippen MR) is 60.6 cm³/mol. The summed E-state index contributed by atoms with van der Waals surface area (Å²) in [6, 6.07) is 5.61. The molecule has 0 aromatic heterocycles. The summed E-state index contributed by atoms with van der Waals surface area (Å²) in [5, 5.41) is 0. The van der Waals surface area contributed by atoms with Crippen molar-refractivity contribution < 1.29 is 17.9 Å². The second-order valence-corrected chi connectivity index (χ2v) is 3.72. The number of hydrogen-bond donors (Lipinski definition) is 0. The third kappa shape index (κ3) is 4.77. The van der Waals surface area contributed by atoms with Crippen molar-refractivity contribution in [2.24, 2.45) is 0 Å². The second-order valence-electron chi connectivity index (χ2n) is 3.72. The third-order valence-electron chi connectivity index (χ3n) is 2.38. The molecule has 0 unspecified atom stereocenters. The molecule has 0 saturated heterocycles. The zero-order chi connectivity index (χ0) is 12.7. The number of ether oxygens (including phenoxy) is 1. The van der Waals surface area contributed by atoms with Crippen LogP contribution in [0.2, 0.25) is 0 Å². The van der Waals surface area contributed by atoms with Crippen molar-refractivity contribution in [2.45, 2.75) is 25.4 Å². The normalized spacial score (nSPS) is 11.8. The van der Waals surface area contributed by atoms with Crippen LogP contribution in [0.5, 0.6) is 0 Å². The fourth-order valence-electron chi connectivity index (χ4n) is 1.50. The Kier molecular flexibility index (Phi) is 5.48. The fourth-order valence-corrected chi connectivity index (χ4v) is 1.50. The first kappa shape index (κ1) is 14.0. The molecule has 0 spiro atoms. The molecule has 1 radical (unpaired) electrons. The Morgan fingerprint density at radius 1 is 1.12 bits per heavy atom. The minimum atomic E-state index is -4.29. The van der Waals surface area contributed by atoms with Gasteiger partial charge < -0.3 is 4.74 Å². The number of benzene rings is 1. The minimum absolute atomic E-state index is 0.285. The molecule has 0 heterocycles. The molecular formula is C13H16F3O. The summed E-state index contributed by atoms with van der Waals surface area (Å²) in [4.78, 5) is 0. The minimum Gasteiger partial charge on any atom is -0.381 e. The molecule has 17 heavy (non-hydrogen) atoms. The molecule has 0 aliphatic carbocycles. The Hall–Kier alpha value is -1.03. The van der Waals surface area contributed by atoms with E-state index in [2.05, 4.69) is 6.92 Å². The summed E-state index contributed by atoms with van der Waals surface area (Å²) in [6.07, 6.45) is -2.39. The molecule has 4 heteroatoms. The number of halogens is 3. The van der Waals surface area contributed by atoms with Crippen LogP contribution in [-0.2, 0) is 17.3 Å². The highest BCUT2D eigenvalue weighted by molar-refractivity contribution is 5.29. The van der Waals surface area contributed by atoms with Crippen LogP contribution in [0.25, 0.3) is 0 Å². The Balaban J connectivity index is 2.53. The third-order valence-corrected chi connectivity index (χ3v) is 2.38. The van der Waals surface area contributed by atoms with Crippen molar-refractivity contribution in [2.75, 3.05) is 13.2 Å². The van der Waals surface area contributed by atoms with Crippen LogP contribution in [0.3, 0.4) is 0 Å². The average molecular weight is 245 g/mol. The molecule has 1 rings (SSSR count). The van der Waals surface area contributed by atoms with Gasteiger partial charge in [0.15, 0.2) is 0 Å². The van der Waals surface area contributed by atoms with Gasteiger partial charge in [-0.1, -0.05) is 31.5 Å². The SMILES string of the molecule is [CH2]CCCOCCc1ccccc1C(F)(F)F. The lowest BCUT2D eigenvalue weighted by atomic mass is 10.0. The Bertz CT molecular complexity index is 334. The highest BCUT2D eigenvalue weighted by Gasteiger charge is 2.32. The lowest BCUT2D eigenvalue weighted by Crippen LogP contribution is -2.11. The largest absolute Gasteiger partial charge is 0.416 e. The molecule has 1 nitrogen and oxygen atoms in total. The van der Waals surface area contributed by atoms with Crippen LogP contribution in [0.4, 0.5) is 13.2 Å². The van der Waals surface area contributed by atoms with E-state index in [0.717, 1.165) is 18.9 Å². The van der Waals surface area contributed by atoms with Crippen LogP contribution in [0.15, 0.2) is 24.3 Å². The lowest BCUT2D eigenvalue weighted by Gasteiger charge is -2.12. The van der Waals surface area contributed by atoms with Gasteiger partial charge in [0.2, 0.25) is 0 Å². The van der Waals surface area contributed by atoms with E-state index in [1.54, 1.807) is 6.07 Å². The Morgan fingerprint density at radius 2 is 1.82 bits per heavy atom. The highest BCUT2D eigenvalue weighted by atomic mass is 19.4. The van der Waals surface area contributed by atoms with E-state index in [1.165, 1.54) is 12.1 Å². The van der Waals surface area contributed by atoms with E-state index in [9.17, 15) is 13.2 Å². The number of unbranched alkanes of at least 4 members (excludes halogenated alkanes) is 1. The summed E-state index contributed by atoms with van der Waals surface area (Å²) in [5.41, 5.74) is -0.282. The zero-order valence-corrected chi connectivity index (χ0v) is 9.59. The Morgan fingerprint density at radius 3 is 2.47 bits per heavy atom. The maximum absolute atomic E-state index is 12.6. The summed E-state index contributed by atoms with van der Waals surface area (Å²) in [6.45, 7) is 4.52. The van der Waals surface area contributed by atoms with Gasteiger partial charge in [0, 0.05) is 6.61 Å². The standard InChI is InChI=1S/C13H16F3O/c1-2-3-9-17-10-8-11-6-4-5-7-12(11)13(14,15)16/h4-7H,1-3,8-10H2. The van der Waals surface area contributed by atoms with Crippen LogP contribution in [0, 0.1) is 6.92 Å². The van der Waals surface area contributed by atoms with Gasteiger partial charge in [0.1, 0.15) is 0 Å². The number of rotatable bonds is 6. The topological polar surface area (TPSA) is 9.23 Å². The molecule has 0 atom stereocenters. The van der Waals surface area contributed by atoms with Gasteiger partial charge >= 0.3 is 6.18 Å². The molecular weight excluding hydrogens is 229 g/mol. The van der Waals surface area contributed by atoms with Crippen molar-refractivity contribution in [1.82, 2.24) is 0 Å². The van der Waals surface area contributed by atoms with Crippen molar-refractivity contribution in [1.29, 1.82) is 0 Å². The summed E-state index contributed by atoms with van der Waals surface area (Å²) < 4.78 is 43.1. The Labute approximate surface area is 99.6 Å². The molecule has 95 valence electrons. The smallest absolute Gasteiger partial charge is 0.381 e. The van der Waals surface area contributed by atoms with Crippen molar-refractivity contribution in [3.63, 3.8) is 0 Å². The molecule has 0 fully saturated rings. The maximum Gasteiger partial charge on any atom is 0.416 e. The van der Waals surface area contributed by atoms with Crippen molar-refractivity contribution in [3.8, 4) is 0 Å². The van der Waals surface area contributed by atoms with Crippen molar-refractivity contribution >= 4 is 0 Å². The van der Waals surface area contributed by atoms with Gasteiger partial charge in [-0.05, 0) is 24.5 Å². The molecule has 0 N–H and O–H groups in total. The van der Waals surface area contributed by atoms with Crippen LogP contribution < -0.4 is 0 Å². The highest BCUT2D eigenvalue weighted by Crippen LogP contribution is 2.31. The first-order chi connectivity index (χ1) is 8.05. The van der Waals surface area contributed by atoms with Gasteiger partial charge in [-0.25, -0.2) is 0 Å². The first-order valence-electron chi connectivity index (χ1n) is 5.58. The van der Waals surface area contributed by atoms with E-state index in [-0.39, 0.29) is 12.0 Å². The predicted octanol–water partition coefficient (Wildman–Crippen LogP) is 3.88. The van der Waals surface area contributed by atoms with Gasteiger partial charge in [0.25, 0.3) is 0 Å². The molecule has 1 aromatic rings. The van der Waals surface area contributed by atoms with E-state index in [4.69, 9.17) is 4.74 Å². The lowest BCUT2D eigenvalue weighted by molar-refractivity contribution is -0.138. The van der Waals surface area contributed by atoms with Crippen LogP contribution in [0.1, 0.15) is 24.0 Å². The molecule has 0 aliphatic heterocycles. The van der Waals surface area contributed by atoms with E-state index < -0.39 is 11.7 Å². The van der Waals surface area contributed by atoms with Gasteiger partial charge in [-0.15, -0.1) is 0 Å². The van der Waals surface area contributed by atoms with Crippen LogP contribution >= 0.6 is 0 Å². The summed E-state index contributed by atoms with van der Waals surface area (Å²) in [7, 11) is 0. The fraction of sp³-hybridized carbons (Fsp3) is 0.462. The average Bonchev–Trinajstić information content (AvgIpc) is 2.28. The quantitative estimate of drug-likeness (QED) is 0.691. The summed E-state index contributed by atoms with van der Waals surface area (Å²) >= 11 is 0. The molecule has 0 aliphatic rings. The second kappa shape index (κ2) is 6.64. The maximum atomic E-state index is 12.6.